The molecule has 1 N–H and O–H groups in total. The number of hydrogen-bond acceptors (Lipinski definition) is 4. The number of benzene rings is 2. The van der Waals surface area contributed by atoms with Gasteiger partial charge in [-0.15, -0.1) is 0 Å². The van der Waals surface area contributed by atoms with Gasteiger partial charge in [0.1, 0.15) is 5.75 Å². The van der Waals surface area contributed by atoms with Crippen LogP contribution in [0.15, 0.2) is 48.5 Å². The van der Waals surface area contributed by atoms with Crippen LogP contribution in [0.2, 0.25) is 0 Å². The molecule has 3 aromatic rings. The molecular weight excluding hydrogens is 368 g/mol. The second-order valence-electron chi connectivity index (χ2n) is 7.26. The van der Waals surface area contributed by atoms with E-state index in [0.29, 0.717) is 30.1 Å². The number of amides is 2. The number of nitrogens with one attached hydrogen (secondary N) is 1. The lowest BCUT2D eigenvalue weighted by molar-refractivity contribution is -0.118. The normalized spacial score (nSPS) is 15.2. The second kappa shape index (κ2) is 6.77. The molecule has 0 saturated heterocycles. The molecule has 0 radical (unpaired) electrons. The SMILES string of the molecule is Cn1nc2c(c1-c1ccccc1)CCN(C(=O)c1cccc3c1NC(=O)CO3)C2. The number of carbonyl (C=O) groups is 2. The summed E-state index contributed by atoms with van der Waals surface area (Å²) in [6.45, 7) is 0.997. The topological polar surface area (TPSA) is 76.5 Å². The summed E-state index contributed by atoms with van der Waals surface area (Å²) in [6.07, 6.45) is 0.733. The Morgan fingerprint density at radius 1 is 1.14 bits per heavy atom. The van der Waals surface area contributed by atoms with Crippen molar-refractivity contribution in [2.75, 3.05) is 18.5 Å². The molecule has 2 aromatic carbocycles. The van der Waals surface area contributed by atoms with Crippen LogP contribution in [-0.2, 0) is 24.8 Å². The molecule has 2 aliphatic heterocycles. The van der Waals surface area contributed by atoms with Gasteiger partial charge in [-0.25, -0.2) is 0 Å². The summed E-state index contributed by atoms with van der Waals surface area (Å²) in [7, 11) is 1.94. The van der Waals surface area contributed by atoms with E-state index in [4.69, 9.17) is 4.74 Å². The Hall–Kier alpha value is -3.61. The largest absolute Gasteiger partial charge is 0.482 e. The zero-order valence-electron chi connectivity index (χ0n) is 16.0. The Bertz CT molecular complexity index is 1120. The smallest absolute Gasteiger partial charge is 0.262 e. The molecule has 0 aliphatic carbocycles. The van der Waals surface area contributed by atoms with Crippen molar-refractivity contribution in [3.05, 3.63) is 65.4 Å². The maximum atomic E-state index is 13.2. The Morgan fingerprint density at radius 2 is 1.97 bits per heavy atom. The number of ether oxygens (including phenoxy) is 1. The number of carbonyl (C=O) groups excluding carboxylic acids is 2. The third-order valence-corrected chi connectivity index (χ3v) is 5.42. The minimum absolute atomic E-state index is 0.0338. The molecule has 0 saturated carbocycles. The van der Waals surface area contributed by atoms with E-state index < -0.39 is 0 Å². The maximum Gasteiger partial charge on any atom is 0.262 e. The van der Waals surface area contributed by atoms with Crippen molar-refractivity contribution in [2.24, 2.45) is 7.05 Å². The van der Waals surface area contributed by atoms with Crippen LogP contribution >= 0.6 is 0 Å². The van der Waals surface area contributed by atoms with Crippen molar-refractivity contribution in [1.82, 2.24) is 14.7 Å². The van der Waals surface area contributed by atoms with Gasteiger partial charge in [0.05, 0.1) is 29.2 Å². The van der Waals surface area contributed by atoms with Crippen molar-refractivity contribution < 1.29 is 14.3 Å². The lowest BCUT2D eigenvalue weighted by atomic mass is 9.99. The van der Waals surface area contributed by atoms with Gasteiger partial charge >= 0.3 is 0 Å². The van der Waals surface area contributed by atoms with Crippen molar-refractivity contribution in [3.8, 4) is 17.0 Å². The lowest BCUT2D eigenvalue weighted by Gasteiger charge is -2.28. The standard InChI is InChI=1S/C22H20N4O3/c1-25-21(14-6-3-2-4-7-14)15-10-11-26(12-17(15)24-25)22(28)16-8-5-9-18-20(16)23-19(27)13-29-18/h2-9H,10-13H2,1H3,(H,23,27). The Kier molecular flexibility index (Phi) is 4.08. The Labute approximate surface area is 167 Å². The number of fused-ring (bicyclic) bond motifs is 2. The number of hydrogen-bond donors (Lipinski definition) is 1. The van der Waals surface area contributed by atoms with E-state index in [0.717, 1.165) is 23.4 Å². The molecule has 7 heteroatoms. The summed E-state index contributed by atoms with van der Waals surface area (Å²) >= 11 is 0. The van der Waals surface area contributed by atoms with E-state index in [1.165, 1.54) is 5.56 Å². The Morgan fingerprint density at radius 3 is 2.79 bits per heavy atom. The van der Waals surface area contributed by atoms with Gasteiger partial charge in [0, 0.05) is 24.7 Å². The lowest BCUT2D eigenvalue weighted by Crippen LogP contribution is -2.37. The van der Waals surface area contributed by atoms with E-state index in [-0.39, 0.29) is 18.4 Å². The zero-order chi connectivity index (χ0) is 20.0. The molecule has 0 fully saturated rings. The number of rotatable bonds is 2. The van der Waals surface area contributed by atoms with E-state index in [1.54, 1.807) is 23.1 Å². The molecule has 1 aromatic heterocycles. The van der Waals surface area contributed by atoms with Crippen LogP contribution in [0.25, 0.3) is 11.3 Å². The highest BCUT2D eigenvalue weighted by Crippen LogP contribution is 2.34. The molecule has 7 nitrogen and oxygen atoms in total. The number of aryl methyl sites for hydroxylation is 1. The highest BCUT2D eigenvalue weighted by Gasteiger charge is 2.30. The number of para-hydroxylation sites is 1. The average Bonchev–Trinajstić information content (AvgIpc) is 3.08. The summed E-state index contributed by atoms with van der Waals surface area (Å²) in [5.74, 6) is 0.137. The van der Waals surface area contributed by atoms with E-state index in [9.17, 15) is 9.59 Å². The third-order valence-electron chi connectivity index (χ3n) is 5.42. The molecule has 5 rings (SSSR count). The van der Waals surface area contributed by atoms with Gasteiger partial charge in [-0.1, -0.05) is 36.4 Å². The molecule has 3 heterocycles. The highest BCUT2D eigenvalue weighted by molar-refractivity contribution is 6.06. The van der Waals surface area contributed by atoms with Crippen molar-refractivity contribution in [2.45, 2.75) is 13.0 Å². The van der Waals surface area contributed by atoms with Gasteiger partial charge in [0.25, 0.3) is 11.8 Å². The molecule has 146 valence electrons. The van der Waals surface area contributed by atoms with Crippen LogP contribution in [0, 0.1) is 0 Å². The van der Waals surface area contributed by atoms with Crippen molar-refractivity contribution in [3.63, 3.8) is 0 Å². The fraction of sp³-hybridized carbons (Fsp3) is 0.227. The van der Waals surface area contributed by atoms with Crippen LogP contribution in [0.1, 0.15) is 21.6 Å². The molecule has 29 heavy (non-hydrogen) atoms. The summed E-state index contributed by atoms with van der Waals surface area (Å²) in [4.78, 5) is 26.8. The fourth-order valence-corrected chi connectivity index (χ4v) is 4.10. The van der Waals surface area contributed by atoms with E-state index in [1.807, 2.05) is 29.9 Å². The maximum absolute atomic E-state index is 13.2. The van der Waals surface area contributed by atoms with E-state index in [2.05, 4.69) is 22.5 Å². The number of aromatic nitrogens is 2. The van der Waals surface area contributed by atoms with Gasteiger partial charge in [0.15, 0.2) is 6.61 Å². The first-order chi connectivity index (χ1) is 14.1. The summed E-state index contributed by atoms with van der Waals surface area (Å²) < 4.78 is 7.33. The predicted molar refractivity (Wildman–Crippen MR) is 108 cm³/mol. The minimum atomic E-state index is -0.254. The summed E-state index contributed by atoms with van der Waals surface area (Å²) in [5.41, 5.74) is 5.22. The van der Waals surface area contributed by atoms with Crippen LogP contribution in [0.3, 0.4) is 0 Å². The first-order valence-electron chi connectivity index (χ1n) is 9.57. The Balaban J connectivity index is 1.45. The number of nitrogens with zero attached hydrogens (tertiary/aromatic N) is 3. The van der Waals surface area contributed by atoms with Gasteiger partial charge in [-0.2, -0.15) is 5.10 Å². The van der Waals surface area contributed by atoms with Crippen LogP contribution in [-0.4, -0.2) is 39.6 Å². The van der Waals surface area contributed by atoms with Crippen molar-refractivity contribution in [1.29, 1.82) is 0 Å². The second-order valence-corrected chi connectivity index (χ2v) is 7.26. The van der Waals surface area contributed by atoms with Crippen LogP contribution in [0.4, 0.5) is 5.69 Å². The summed E-state index contributed by atoms with van der Waals surface area (Å²) in [6, 6.07) is 15.4. The fourth-order valence-electron chi connectivity index (χ4n) is 4.10. The number of anilines is 1. The van der Waals surface area contributed by atoms with Crippen LogP contribution in [0.5, 0.6) is 5.75 Å². The van der Waals surface area contributed by atoms with Crippen molar-refractivity contribution >= 4 is 17.5 Å². The first-order valence-corrected chi connectivity index (χ1v) is 9.57. The van der Waals surface area contributed by atoms with E-state index >= 15 is 0 Å². The quantitative estimate of drug-likeness (QED) is 0.732. The molecule has 0 unspecified atom stereocenters. The molecule has 2 aliphatic rings. The van der Waals surface area contributed by atoms with Crippen LogP contribution < -0.4 is 10.1 Å². The molecular formula is C22H20N4O3. The molecule has 2 amide bonds. The average molecular weight is 388 g/mol. The van der Waals surface area contributed by atoms with Gasteiger partial charge in [-0.3, -0.25) is 14.3 Å². The minimum Gasteiger partial charge on any atom is -0.482 e. The molecule has 0 spiro atoms. The van der Waals surface area contributed by atoms with Gasteiger partial charge < -0.3 is 15.0 Å². The van der Waals surface area contributed by atoms with Gasteiger partial charge in [-0.05, 0) is 18.6 Å². The highest BCUT2D eigenvalue weighted by atomic mass is 16.5. The predicted octanol–water partition coefficient (Wildman–Crippen LogP) is 2.62. The monoisotopic (exact) mass is 388 g/mol. The summed E-state index contributed by atoms with van der Waals surface area (Å²) in [5, 5.41) is 7.45. The first kappa shape index (κ1) is 17.5. The zero-order valence-corrected chi connectivity index (χ0v) is 16.0. The molecule has 0 bridgehead atoms. The third kappa shape index (κ3) is 2.95. The van der Waals surface area contributed by atoms with Gasteiger partial charge in [0.2, 0.25) is 0 Å². The molecule has 0 atom stereocenters.